The summed E-state index contributed by atoms with van der Waals surface area (Å²) in [5.41, 5.74) is 6.60. The maximum absolute atomic E-state index is 12.1. The fourth-order valence-corrected chi connectivity index (χ4v) is 1.68. The van der Waals surface area contributed by atoms with Crippen LogP contribution in [0.25, 0.3) is 0 Å². The summed E-state index contributed by atoms with van der Waals surface area (Å²) in [5.74, 6) is 1.13. The summed E-state index contributed by atoms with van der Waals surface area (Å²) in [5, 5.41) is 0. The molecule has 1 amide bonds. The molecule has 0 fully saturated rings. The minimum absolute atomic E-state index is 0. The van der Waals surface area contributed by atoms with E-state index in [9.17, 15) is 4.79 Å². The molecule has 0 saturated heterocycles. The molecule has 5 nitrogen and oxygen atoms in total. The maximum atomic E-state index is 12.1. The highest BCUT2D eigenvalue weighted by molar-refractivity contribution is 5.92. The van der Waals surface area contributed by atoms with Crippen molar-refractivity contribution in [2.45, 2.75) is 40.2 Å². The van der Waals surface area contributed by atoms with Gasteiger partial charge in [-0.25, -0.2) is 4.98 Å². The van der Waals surface area contributed by atoms with Crippen LogP contribution in [0, 0.1) is 19.8 Å². The minimum atomic E-state index is -0.135. The van der Waals surface area contributed by atoms with Crippen molar-refractivity contribution in [1.29, 1.82) is 0 Å². The molecule has 1 unspecified atom stereocenters. The summed E-state index contributed by atoms with van der Waals surface area (Å²) in [6, 6.07) is 0.109. The lowest BCUT2D eigenvalue weighted by molar-refractivity contribution is 0.0755. The zero-order chi connectivity index (χ0) is 13.9. The minimum Gasteiger partial charge on any atom is -0.436 e. The number of aromatic nitrogens is 1. The van der Waals surface area contributed by atoms with Gasteiger partial charge in [-0.1, -0.05) is 13.8 Å². The number of halogens is 1. The first-order chi connectivity index (χ1) is 8.32. The SMILES string of the molecule is Cc1nc(C)c(C(=O)N(C)CCC(N)C(C)C)o1.Cl. The number of aryl methyl sites for hydroxylation is 2. The number of nitrogens with zero attached hydrogens (tertiary/aromatic N) is 2. The highest BCUT2D eigenvalue weighted by Gasteiger charge is 2.20. The maximum Gasteiger partial charge on any atom is 0.291 e. The monoisotopic (exact) mass is 289 g/mol. The summed E-state index contributed by atoms with van der Waals surface area (Å²) in [4.78, 5) is 17.8. The van der Waals surface area contributed by atoms with Crippen LogP contribution >= 0.6 is 12.4 Å². The highest BCUT2D eigenvalue weighted by Crippen LogP contribution is 2.12. The Morgan fingerprint density at radius 1 is 1.42 bits per heavy atom. The third-order valence-electron chi connectivity index (χ3n) is 3.10. The number of carbonyl (C=O) groups excluding carboxylic acids is 1. The van der Waals surface area contributed by atoms with Crippen molar-refractivity contribution >= 4 is 18.3 Å². The van der Waals surface area contributed by atoms with Gasteiger partial charge < -0.3 is 15.1 Å². The molecule has 0 spiro atoms. The van der Waals surface area contributed by atoms with Gasteiger partial charge in [-0.2, -0.15) is 0 Å². The fourth-order valence-electron chi connectivity index (χ4n) is 1.68. The Labute approximate surface area is 121 Å². The van der Waals surface area contributed by atoms with E-state index >= 15 is 0 Å². The van der Waals surface area contributed by atoms with Crippen molar-refractivity contribution in [2.24, 2.45) is 11.7 Å². The highest BCUT2D eigenvalue weighted by atomic mass is 35.5. The van der Waals surface area contributed by atoms with Gasteiger partial charge in [0, 0.05) is 26.6 Å². The molecule has 1 rings (SSSR count). The lowest BCUT2D eigenvalue weighted by atomic mass is 10.0. The van der Waals surface area contributed by atoms with E-state index in [1.807, 2.05) is 0 Å². The number of amides is 1. The van der Waals surface area contributed by atoms with Gasteiger partial charge in [0.25, 0.3) is 5.91 Å². The van der Waals surface area contributed by atoms with E-state index in [1.165, 1.54) is 0 Å². The van der Waals surface area contributed by atoms with Crippen LogP contribution < -0.4 is 5.73 Å². The summed E-state index contributed by atoms with van der Waals surface area (Å²) in [6.45, 7) is 8.29. The normalized spacial score (nSPS) is 12.2. The predicted molar refractivity (Wildman–Crippen MR) is 77.6 cm³/mol. The van der Waals surface area contributed by atoms with Gasteiger partial charge in [0.05, 0.1) is 5.69 Å². The molecule has 0 aromatic carbocycles. The Morgan fingerprint density at radius 2 is 2.00 bits per heavy atom. The summed E-state index contributed by atoms with van der Waals surface area (Å²) in [7, 11) is 1.76. The number of carbonyl (C=O) groups is 1. The van der Waals surface area contributed by atoms with E-state index < -0.39 is 0 Å². The van der Waals surface area contributed by atoms with Crippen LogP contribution in [0.1, 0.15) is 42.4 Å². The van der Waals surface area contributed by atoms with E-state index in [1.54, 1.807) is 25.8 Å². The molecule has 110 valence electrons. The van der Waals surface area contributed by atoms with Crippen molar-refractivity contribution < 1.29 is 9.21 Å². The summed E-state index contributed by atoms with van der Waals surface area (Å²) >= 11 is 0. The largest absolute Gasteiger partial charge is 0.436 e. The molecule has 0 aliphatic heterocycles. The quantitative estimate of drug-likeness (QED) is 0.901. The average Bonchev–Trinajstić information content (AvgIpc) is 2.63. The second-order valence-electron chi connectivity index (χ2n) is 5.07. The summed E-state index contributed by atoms with van der Waals surface area (Å²) in [6.07, 6.45) is 0.784. The van der Waals surface area contributed by atoms with Gasteiger partial charge in [-0.15, -0.1) is 12.4 Å². The van der Waals surface area contributed by atoms with Crippen molar-refractivity contribution in [3.63, 3.8) is 0 Å². The third kappa shape index (κ3) is 4.84. The summed E-state index contributed by atoms with van der Waals surface area (Å²) < 4.78 is 5.32. The van der Waals surface area contributed by atoms with Crippen LogP contribution in [-0.2, 0) is 0 Å². The molecule has 0 aliphatic rings. The first-order valence-corrected chi connectivity index (χ1v) is 6.28. The Bertz CT molecular complexity index is 418. The van der Waals surface area contributed by atoms with Crippen LogP contribution in [-0.4, -0.2) is 35.4 Å². The molecule has 0 radical (unpaired) electrons. The van der Waals surface area contributed by atoms with E-state index in [0.29, 0.717) is 29.8 Å². The Hall–Kier alpha value is -1.07. The molecular formula is C13H24ClN3O2. The fraction of sp³-hybridized carbons (Fsp3) is 0.692. The molecule has 0 aliphatic carbocycles. The van der Waals surface area contributed by atoms with E-state index in [2.05, 4.69) is 18.8 Å². The zero-order valence-corrected chi connectivity index (χ0v) is 13.1. The van der Waals surface area contributed by atoms with Gasteiger partial charge in [0.15, 0.2) is 5.89 Å². The second-order valence-corrected chi connectivity index (χ2v) is 5.07. The molecule has 1 atom stereocenters. The molecule has 6 heteroatoms. The van der Waals surface area contributed by atoms with E-state index in [4.69, 9.17) is 10.2 Å². The van der Waals surface area contributed by atoms with Crippen LogP contribution in [0.5, 0.6) is 0 Å². The molecule has 1 aromatic rings. The number of nitrogens with two attached hydrogens (primary N) is 1. The molecule has 2 N–H and O–H groups in total. The first kappa shape index (κ1) is 17.9. The van der Waals surface area contributed by atoms with Crippen LogP contribution in [0.15, 0.2) is 4.42 Å². The zero-order valence-electron chi connectivity index (χ0n) is 12.3. The van der Waals surface area contributed by atoms with Gasteiger partial charge in [0.1, 0.15) is 0 Å². The van der Waals surface area contributed by atoms with Gasteiger partial charge >= 0.3 is 0 Å². The van der Waals surface area contributed by atoms with Crippen molar-refractivity contribution in [3.8, 4) is 0 Å². The van der Waals surface area contributed by atoms with Crippen LogP contribution in [0.3, 0.4) is 0 Å². The third-order valence-corrected chi connectivity index (χ3v) is 3.10. The molecule has 19 heavy (non-hydrogen) atoms. The number of rotatable bonds is 5. The molecule has 0 bridgehead atoms. The second kappa shape index (κ2) is 7.50. The topological polar surface area (TPSA) is 72.4 Å². The first-order valence-electron chi connectivity index (χ1n) is 6.28. The van der Waals surface area contributed by atoms with Crippen molar-refractivity contribution in [3.05, 3.63) is 17.3 Å². The molecule has 0 saturated carbocycles. The van der Waals surface area contributed by atoms with Crippen LogP contribution in [0.4, 0.5) is 0 Å². The van der Waals surface area contributed by atoms with Crippen LogP contribution in [0.2, 0.25) is 0 Å². The van der Waals surface area contributed by atoms with E-state index in [0.717, 1.165) is 6.42 Å². The average molecular weight is 290 g/mol. The lowest BCUT2D eigenvalue weighted by Crippen LogP contribution is -2.34. The Kier molecular flexibility index (Phi) is 7.08. The number of hydrogen-bond acceptors (Lipinski definition) is 4. The Morgan fingerprint density at radius 3 is 2.42 bits per heavy atom. The molecular weight excluding hydrogens is 266 g/mol. The predicted octanol–water partition coefficient (Wildman–Crippen LogP) is 2.16. The van der Waals surface area contributed by atoms with E-state index in [-0.39, 0.29) is 24.4 Å². The number of oxazole rings is 1. The van der Waals surface area contributed by atoms with Crippen molar-refractivity contribution in [2.75, 3.05) is 13.6 Å². The molecule has 1 aromatic heterocycles. The number of hydrogen-bond donors (Lipinski definition) is 1. The molecule has 1 heterocycles. The standard InChI is InChI=1S/C13H23N3O2.ClH/c1-8(2)11(14)6-7-16(5)13(17)12-9(3)15-10(4)18-12;/h8,11H,6-7,14H2,1-5H3;1H. The lowest BCUT2D eigenvalue weighted by Gasteiger charge is -2.20. The smallest absolute Gasteiger partial charge is 0.291 e. The van der Waals surface area contributed by atoms with Crippen molar-refractivity contribution in [1.82, 2.24) is 9.88 Å². The van der Waals surface area contributed by atoms with Gasteiger partial charge in [-0.05, 0) is 19.3 Å². The van der Waals surface area contributed by atoms with Gasteiger partial charge in [0.2, 0.25) is 5.76 Å². The Balaban J connectivity index is 0.00000324. The van der Waals surface area contributed by atoms with Gasteiger partial charge in [-0.3, -0.25) is 4.79 Å².